The lowest BCUT2D eigenvalue weighted by Crippen LogP contribution is -2.28. The van der Waals surface area contributed by atoms with Crippen LogP contribution in [0.5, 0.6) is 0 Å². The van der Waals surface area contributed by atoms with E-state index in [4.69, 9.17) is 5.26 Å². The van der Waals surface area contributed by atoms with Crippen LogP contribution in [-0.4, -0.2) is 5.91 Å². The normalized spacial score (nSPS) is 11.5. The quantitative estimate of drug-likeness (QED) is 0.919. The van der Waals surface area contributed by atoms with Gasteiger partial charge in [0.05, 0.1) is 24.1 Å². The first-order chi connectivity index (χ1) is 10.1. The molecule has 0 radical (unpaired) electrons. The van der Waals surface area contributed by atoms with Crippen LogP contribution in [0.25, 0.3) is 0 Å². The van der Waals surface area contributed by atoms with E-state index in [0.717, 1.165) is 15.6 Å². The first kappa shape index (κ1) is 15.3. The molecule has 0 aliphatic rings. The van der Waals surface area contributed by atoms with E-state index >= 15 is 0 Å². The van der Waals surface area contributed by atoms with Gasteiger partial charge in [-0.05, 0) is 42.3 Å². The highest BCUT2D eigenvalue weighted by atomic mass is 79.9. The molecule has 0 aromatic heterocycles. The second kappa shape index (κ2) is 7.05. The first-order valence-electron chi connectivity index (χ1n) is 6.62. The molecule has 0 heterocycles. The highest BCUT2D eigenvalue weighted by Gasteiger charge is 2.10. The van der Waals surface area contributed by atoms with Gasteiger partial charge in [0.15, 0.2) is 0 Å². The van der Waals surface area contributed by atoms with E-state index in [1.807, 2.05) is 43.3 Å². The summed E-state index contributed by atoms with van der Waals surface area (Å²) in [5.74, 6) is -0.0323. The van der Waals surface area contributed by atoms with Gasteiger partial charge < -0.3 is 5.32 Å². The minimum Gasteiger partial charge on any atom is -0.349 e. The molecule has 0 aliphatic carbocycles. The zero-order valence-electron chi connectivity index (χ0n) is 11.6. The molecule has 2 aromatic rings. The van der Waals surface area contributed by atoms with Crippen molar-refractivity contribution in [2.45, 2.75) is 19.4 Å². The van der Waals surface area contributed by atoms with Crippen molar-refractivity contribution in [2.24, 2.45) is 0 Å². The molecule has 2 aromatic carbocycles. The molecule has 0 saturated heterocycles. The summed E-state index contributed by atoms with van der Waals surface area (Å²) in [7, 11) is 0. The Balaban J connectivity index is 1.94. The Hall–Kier alpha value is -2.12. The molecule has 4 heteroatoms. The molecule has 1 atom stereocenters. The zero-order valence-corrected chi connectivity index (χ0v) is 13.2. The average molecular weight is 343 g/mol. The van der Waals surface area contributed by atoms with Gasteiger partial charge in [0, 0.05) is 4.47 Å². The van der Waals surface area contributed by atoms with Crippen LogP contribution in [0.4, 0.5) is 0 Å². The molecule has 21 heavy (non-hydrogen) atoms. The Morgan fingerprint density at radius 3 is 2.38 bits per heavy atom. The Morgan fingerprint density at radius 1 is 1.19 bits per heavy atom. The second-order valence-electron chi connectivity index (χ2n) is 4.83. The number of hydrogen-bond donors (Lipinski definition) is 1. The van der Waals surface area contributed by atoms with Gasteiger partial charge in [-0.25, -0.2) is 0 Å². The standard InChI is InChI=1S/C17H15BrN2O/c1-12(15-6-8-16(18)9-7-15)20-17(21)10-13-2-4-14(11-19)5-3-13/h2-9,12H,10H2,1H3,(H,20,21)/t12-/m0/s1. The summed E-state index contributed by atoms with van der Waals surface area (Å²) in [5, 5.41) is 11.7. The number of benzene rings is 2. The monoisotopic (exact) mass is 342 g/mol. The van der Waals surface area contributed by atoms with Crippen molar-refractivity contribution >= 4 is 21.8 Å². The van der Waals surface area contributed by atoms with E-state index in [1.165, 1.54) is 0 Å². The van der Waals surface area contributed by atoms with E-state index in [-0.39, 0.29) is 11.9 Å². The topological polar surface area (TPSA) is 52.9 Å². The molecule has 0 aliphatic heterocycles. The number of carbonyl (C=O) groups excluding carboxylic acids is 1. The van der Waals surface area contributed by atoms with Gasteiger partial charge in [-0.1, -0.05) is 40.2 Å². The SMILES string of the molecule is C[C@H](NC(=O)Cc1ccc(C#N)cc1)c1ccc(Br)cc1. The number of amides is 1. The molecule has 0 unspecified atom stereocenters. The van der Waals surface area contributed by atoms with E-state index in [2.05, 4.69) is 27.3 Å². The van der Waals surface area contributed by atoms with Crippen molar-refractivity contribution in [3.05, 3.63) is 69.7 Å². The number of nitrogens with zero attached hydrogens (tertiary/aromatic N) is 1. The summed E-state index contributed by atoms with van der Waals surface area (Å²) < 4.78 is 1.02. The molecule has 0 bridgehead atoms. The van der Waals surface area contributed by atoms with E-state index < -0.39 is 0 Å². The van der Waals surface area contributed by atoms with Crippen molar-refractivity contribution < 1.29 is 4.79 Å². The summed E-state index contributed by atoms with van der Waals surface area (Å²) in [5.41, 5.74) is 2.56. The fourth-order valence-electron chi connectivity index (χ4n) is 2.01. The summed E-state index contributed by atoms with van der Waals surface area (Å²) in [4.78, 5) is 12.0. The largest absolute Gasteiger partial charge is 0.349 e. The van der Waals surface area contributed by atoms with Crippen LogP contribution < -0.4 is 5.32 Å². The van der Waals surface area contributed by atoms with Gasteiger partial charge in [0.2, 0.25) is 5.91 Å². The molecular formula is C17H15BrN2O. The number of hydrogen-bond acceptors (Lipinski definition) is 2. The van der Waals surface area contributed by atoms with Crippen LogP contribution in [-0.2, 0) is 11.2 Å². The van der Waals surface area contributed by atoms with E-state index in [0.29, 0.717) is 12.0 Å². The Labute approximate surface area is 132 Å². The summed E-state index contributed by atoms with van der Waals surface area (Å²) >= 11 is 3.39. The van der Waals surface area contributed by atoms with Crippen molar-refractivity contribution in [2.75, 3.05) is 0 Å². The van der Waals surface area contributed by atoms with Crippen molar-refractivity contribution in [3.63, 3.8) is 0 Å². The van der Waals surface area contributed by atoms with Crippen LogP contribution >= 0.6 is 15.9 Å². The number of nitriles is 1. The number of halogens is 1. The van der Waals surface area contributed by atoms with Gasteiger partial charge in [0.25, 0.3) is 0 Å². The maximum absolute atomic E-state index is 12.0. The van der Waals surface area contributed by atoms with Crippen LogP contribution in [0, 0.1) is 11.3 Å². The van der Waals surface area contributed by atoms with Crippen LogP contribution in [0.1, 0.15) is 29.7 Å². The average Bonchev–Trinajstić information content (AvgIpc) is 2.48. The maximum atomic E-state index is 12.0. The lowest BCUT2D eigenvalue weighted by molar-refractivity contribution is -0.121. The highest BCUT2D eigenvalue weighted by molar-refractivity contribution is 9.10. The molecular weight excluding hydrogens is 328 g/mol. The summed E-state index contributed by atoms with van der Waals surface area (Å²) in [6, 6.07) is 17.0. The third-order valence-corrected chi connectivity index (χ3v) is 3.72. The lowest BCUT2D eigenvalue weighted by atomic mass is 10.1. The molecule has 2 rings (SSSR count). The molecule has 0 saturated carbocycles. The maximum Gasteiger partial charge on any atom is 0.224 e. The fourth-order valence-corrected chi connectivity index (χ4v) is 2.27. The van der Waals surface area contributed by atoms with Crippen molar-refractivity contribution in [3.8, 4) is 6.07 Å². The third kappa shape index (κ3) is 4.44. The number of rotatable bonds is 4. The van der Waals surface area contributed by atoms with Crippen LogP contribution in [0.15, 0.2) is 53.0 Å². The smallest absolute Gasteiger partial charge is 0.224 e. The minimum absolute atomic E-state index is 0.0323. The lowest BCUT2D eigenvalue weighted by Gasteiger charge is -2.14. The molecule has 106 valence electrons. The van der Waals surface area contributed by atoms with Gasteiger partial charge in [-0.2, -0.15) is 5.26 Å². The first-order valence-corrected chi connectivity index (χ1v) is 7.41. The summed E-state index contributed by atoms with van der Waals surface area (Å²) in [6.07, 6.45) is 0.312. The minimum atomic E-state index is -0.0380. The zero-order chi connectivity index (χ0) is 15.2. The van der Waals surface area contributed by atoms with Crippen LogP contribution in [0.2, 0.25) is 0 Å². The molecule has 0 fully saturated rings. The van der Waals surface area contributed by atoms with Gasteiger partial charge in [-0.3, -0.25) is 4.79 Å². The van der Waals surface area contributed by atoms with Crippen molar-refractivity contribution in [1.82, 2.24) is 5.32 Å². The number of carbonyl (C=O) groups is 1. The number of nitrogens with one attached hydrogen (secondary N) is 1. The molecule has 1 amide bonds. The van der Waals surface area contributed by atoms with Gasteiger partial charge in [0.1, 0.15) is 0 Å². The predicted molar refractivity (Wildman–Crippen MR) is 85.6 cm³/mol. The molecule has 1 N–H and O–H groups in total. The highest BCUT2D eigenvalue weighted by Crippen LogP contribution is 2.16. The van der Waals surface area contributed by atoms with E-state index in [1.54, 1.807) is 12.1 Å². The van der Waals surface area contributed by atoms with Gasteiger partial charge >= 0.3 is 0 Å². The fraction of sp³-hybridized carbons (Fsp3) is 0.176. The van der Waals surface area contributed by atoms with E-state index in [9.17, 15) is 4.79 Å². The molecule has 0 spiro atoms. The second-order valence-corrected chi connectivity index (χ2v) is 5.74. The Morgan fingerprint density at radius 2 is 1.81 bits per heavy atom. The molecule has 3 nitrogen and oxygen atoms in total. The van der Waals surface area contributed by atoms with Crippen LogP contribution in [0.3, 0.4) is 0 Å². The summed E-state index contributed by atoms with van der Waals surface area (Å²) in [6.45, 7) is 1.96. The Bertz CT molecular complexity index is 657. The van der Waals surface area contributed by atoms with Crippen molar-refractivity contribution in [1.29, 1.82) is 5.26 Å². The Kier molecular flexibility index (Phi) is 5.13. The third-order valence-electron chi connectivity index (χ3n) is 3.20. The predicted octanol–water partition coefficient (Wildman–Crippen LogP) is 3.74. The van der Waals surface area contributed by atoms with Gasteiger partial charge in [-0.15, -0.1) is 0 Å².